The lowest BCUT2D eigenvalue weighted by molar-refractivity contribution is -0.152. The van der Waals surface area contributed by atoms with E-state index < -0.39 is 0 Å². The van der Waals surface area contributed by atoms with E-state index >= 15 is 0 Å². The van der Waals surface area contributed by atoms with Crippen molar-refractivity contribution in [2.24, 2.45) is 0 Å². The highest BCUT2D eigenvalue weighted by Gasteiger charge is 2.24. The van der Waals surface area contributed by atoms with Crippen molar-refractivity contribution in [1.29, 1.82) is 0 Å². The van der Waals surface area contributed by atoms with Crippen molar-refractivity contribution in [2.45, 2.75) is 64.9 Å². The van der Waals surface area contributed by atoms with Gasteiger partial charge < -0.3 is 4.74 Å². The Balaban J connectivity index is 2.06. The van der Waals surface area contributed by atoms with E-state index in [1.165, 1.54) is 19.3 Å². The minimum atomic E-state index is -0.204. The molecule has 0 amide bonds. The van der Waals surface area contributed by atoms with Crippen LogP contribution in [0.3, 0.4) is 0 Å². The quantitative estimate of drug-likeness (QED) is 0.779. The van der Waals surface area contributed by atoms with Gasteiger partial charge in [0.25, 0.3) is 0 Å². The van der Waals surface area contributed by atoms with Crippen molar-refractivity contribution >= 4 is 5.97 Å². The van der Waals surface area contributed by atoms with Crippen LogP contribution in [0.25, 0.3) is 0 Å². The van der Waals surface area contributed by atoms with E-state index in [2.05, 4.69) is 4.98 Å². The van der Waals surface area contributed by atoms with Gasteiger partial charge in [-0.05, 0) is 63.1 Å². The van der Waals surface area contributed by atoms with Crippen LogP contribution in [0.2, 0.25) is 0 Å². The Labute approximate surface area is 115 Å². The van der Waals surface area contributed by atoms with Crippen molar-refractivity contribution in [1.82, 2.24) is 4.98 Å². The standard InChI is InChI=1S/C16H23NO2/c1-11-9-17-10-12(2)15(11)13(3)16(18)19-14-7-5-4-6-8-14/h9-10,13-14H,4-8H2,1-3H3. The van der Waals surface area contributed by atoms with E-state index in [0.29, 0.717) is 0 Å². The van der Waals surface area contributed by atoms with Crippen molar-refractivity contribution in [3.63, 3.8) is 0 Å². The highest BCUT2D eigenvalue weighted by Crippen LogP contribution is 2.26. The number of aryl methyl sites for hydroxylation is 2. The maximum absolute atomic E-state index is 12.3. The lowest BCUT2D eigenvalue weighted by Crippen LogP contribution is -2.24. The van der Waals surface area contributed by atoms with E-state index in [0.717, 1.165) is 29.5 Å². The molecule has 2 rings (SSSR count). The van der Waals surface area contributed by atoms with Crippen molar-refractivity contribution < 1.29 is 9.53 Å². The summed E-state index contributed by atoms with van der Waals surface area (Å²) in [6.45, 7) is 5.93. The number of carbonyl (C=O) groups excluding carboxylic acids is 1. The summed E-state index contributed by atoms with van der Waals surface area (Å²) in [6, 6.07) is 0. The lowest BCUT2D eigenvalue weighted by Gasteiger charge is -2.24. The Morgan fingerprint density at radius 1 is 1.21 bits per heavy atom. The molecule has 19 heavy (non-hydrogen) atoms. The second kappa shape index (κ2) is 6.18. The minimum Gasteiger partial charge on any atom is -0.462 e. The third-order valence-corrected chi connectivity index (χ3v) is 4.01. The van der Waals surface area contributed by atoms with Gasteiger partial charge in [0.1, 0.15) is 6.10 Å². The van der Waals surface area contributed by atoms with Crippen LogP contribution < -0.4 is 0 Å². The number of rotatable bonds is 3. The number of aromatic nitrogens is 1. The monoisotopic (exact) mass is 261 g/mol. The molecule has 1 aliphatic carbocycles. The van der Waals surface area contributed by atoms with Crippen LogP contribution in [0, 0.1) is 13.8 Å². The number of pyridine rings is 1. The zero-order valence-corrected chi connectivity index (χ0v) is 12.1. The van der Waals surface area contributed by atoms with Gasteiger partial charge in [-0.15, -0.1) is 0 Å². The smallest absolute Gasteiger partial charge is 0.313 e. The zero-order chi connectivity index (χ0) is 13.8. The molecule has 1 aromatic rings. The first-order valence-electron chi connectivity index (χ1n) is 7.21. The van der Waals surface area contributed by atoms with Gasteiger partial charge in [0.15, 0.2) is 0 Å². The average molecular weight is 261 g/mol. The number of hydrogen-bond donors (Lipinski definition) is 0. The van der Waals surface area contributed by atoms with Gasteiger partial charge in [0, 0.05) is 12.4 Å². The van der Waals surface area contributed by atoms with E-state index in [1.807, 2.05) is 33.2 Å². The molecule has 0 spiro atoms. The van der Waals surface area contributed by atoms with Gasteiger partial charge in [0.2, 0.25) is 0 Å². The fourth-order valence-corrected chi connectivity index (χ4v) is 2.96. The largest absolute Gasteiger partial charge is 0.462 e. The molecule has 1 heterocycles. The van der Waals surface area contributed by atoms with Crippen molar-refractivity contribution in [3.8, 4) is 0 Å². The predicted molar refractivity (Wildman–Crippen MR) is 75.1 cm³/mol. The summed E-state index contributed by atoms with van der Waals surface area (Å²) in [5.41, 5.74) is 3.19. The number of ether oxygens (including phenoxy) is 1. The van der Waals surface area contributed by atoms with E-state index in [-0.39, 0.29) is 18.0 Å². The van der Waals surface area contributed by atoms with Gasteiger partial charge >= 0.3 is 5.97 Å². The summed E-state index contributed by atoms with van der Waals surface area (Å²) in [5.74, 6) is -0.297. The molecular formula is C16H23NO2. The molecule has 1 saturated carbocycles. The molecule has 3 nitrogen and oxygen atoms in total. The molecule has 0 radical (unpaired) electrons. The minimum absolute atomic E-state index is 0.0932. The third kappa shape index (κ3) is 3.34. The molecule has 104 valence electrons. The lowest BCUT2D eigenvalue weighted by atomic mass is 9.93. The second-order valence-electron chi connectivity index (χ2n) is 5.61. The van der Waals surface area contributed by atoms with Crippen LogP contribution in [0.5, 0.6) is 0 Å². The Morgan fingerprint density at radius 3 is 2.37 bits per heavy atom. The highest BCUT2D eigenvalue weighted by atomic mass is 16.5. The molecular weight excluding hydrogens is 238 g/mol. The fraction of sp³-hybridized carbons (Fsp3) is 0.625. The zero-order valence-electron chi connectivity index (χ0n) is 12.1. The summed E-state index contributed by atoms with van der Waals surface area (Å²) in [5, 5.41) is 0. The average Bonchev–Trinajstić information content (AvgIpc) is 2.39. The number of carbonyl (C=O) groups is 1. The highest BCUT2D eigenvalue weighted by molar-refractivity contribution is 5.78. The molecule has 1 aromatic heterocycles. The van der Waals surface area contributed by atoms with Crippen molar-refractivity contribution in [3.05, 3.63) is 29.1 Å². The fourth-order valence-electron chi connectivity index (χ4n) is 2.96. The Bertz CT molecular complexity index is 430. The molecule has 0 aromatic carbocycles. The Morgan fingerprint density at radius 2 is 1.79 bits per heavy atom. The van der Waals surface area contributed by atoms with Crippen LogP contribution in [0.1, 0.15) is 61.6 Å². The Kier molecular flexibility index (Phi) is 4.56. The van der Waals surface area contributed by atoms with Gasteiger partial charge in [-0.25, -0.2) is 0 Å². The third-order valence-electron chi connectivity index (χ3n) is 4.01. The van der Waals surface area contributed by atoms with Crippen LogP contribution in [0.15, 0.2) is 12.4 Å². The molecule has 0 saturated heterocycles. The van der Waals surface area contributed by atoms with E-state index in [1.54, 1.807) is 0 Å². The summed E-state index contributed by atoms with van der Waals surface area (Å²) >= 11 is 0. The van der Waals surface area contributed by atoms with Gasteiger partial charge in [0.05, 0.1) is 5.92 Å². The number of nitrogens with zero attached hydrogens (tertiary/aromatic N) is 1. The number of hydrogen-bond acceptors (Lipinski definition) is 3. The van der Waals surface area contributed by atoms with Gasteiger partial charge in [-0.3, -0.25) is 9.78 Å². The first kappa shape index (κ1) is 14.0. The molecule has 1 fully saturated rings. The van der Waals surface area contributed by atoms with Crippen LogP contribution >= 0.6 is 0 Å². The maximum Gasteiger partial charge on any atom is 0.313 e. The van der Waals surface area contributed by atoms with Crippen LogP contribution in [-0.4, -0.2) is 17.1 Å². The molecule has 0 bridgehead atoms. The first-order chi connectivity index (χ1) is 9.09. The summed E-state index contributed by atoms with van der Waals surface area (Å²) < 4.78 is 5.66. The second-order valence-corrected chi connectivity index (χ2v) is 5.61. The first-order valence-corrected chi connectivity index (χ1v) is 7.21. The van der Waals surface area contributed by atoms with Crippen LogP contribution in [0.4, 0.5) is 0 Å². The van der Waals surface area contributed by atoms with E-state index in [9.17, 15) is 4.79 Å². The topological polar surface area (TPSA) is 39.2 Å². The molecule has 1 atom stereocenters. The Hall–Kier alpha value is -1.38. The summed E-state index contributed by atoms with van der Waals surface area (Å²) in [7, 11) is 0. The molecule has 0 N–H and O–H groups in total. The van der Waals surface area contributed by atoms with Crippen LogP contribution in [-0.2, 0) is 9.53 Å². The molecule has 1 aliphatic rings. The molecule has 3 heteroatoms. The molecule has 0 aliphatic heterocycles. The normalized spacial score (nSPS) is 18.1. The van der Waals surface area contributed by atoms with Gasteiger partial charge in [-0.1, -0.05) is 6.42 Å². The maximum atomic E-state index is 12.3. The molecule has 1 unspecified atom stereocenters. The summed E-state index contributed by atoms with van der Waals surface area (Å²) in [4.78, 5) is 16.4. The predicted octanol–water partition coefficient (Wildman–Crippen LogP) is 3.68. The van der Waals surface area contributed by atoms with Gasteiger partial charge in [-0.2, -0.15) is 0 Å². The number of esters is 1. The van der Waals surface area contributed by atoms with E-state index in [4.69, 9.17) is 4.74 Å². The summed E-state index contributed by atoms with van der Waals surface area (Å²) in [6.07, 6.45) is 9.43. The van der Waals surface area contributed by atoms with Crippen molar-refractivity contribution in [2.75, 3.05) is 0 Å². The SMILES string of the molecule is Cc1cncc(C)c1C(C)C(=O)OC1CCCCC1.